The summed E-state index contributed by atoms with van der Waals surface area (Å²) < 4.78 is 6.58. The van der Waals surface area contributed by atoms with E-state index in [1.807, 2.05) is 12.1 Å². The van der Waals surface area contributed by atoms with Gasteiger partial charge in [-0.1, -0.05) is 33.9 Å². The van der Waals surface area contributed by atoms with Gasteiger partial charge >= 0.3 is 0 Å². The number of hydrogen-bond acceptors (Lipinski definition) is 2. The Morgan fingerprint density at radius 1 is 1.27 bits per heavy atom. The zero-order valence-electron chi connectivity index (χ0n) is 8.37. The number of benzene rings is 1. The average Bonchev–Trinajstić information content (AvgIpc) is 2.83. The van der Waals surface area contributed by atoms with Crippen LogP contribution in [0.3, 0.4) is 0 Å². The van der Waals surface area contributed by atoms with E-state index in [-0.39, 0.29) is 0 Å². The SMILES string of the molecule is Brc1ccc2noc(C3CCCC3)c2c1. The van der Waals surface area contributed by atoms with Crippen LogP contribution in [0.2, 0.25) is 0 Å². The lowest BCUT2D eigenvalue weighted by Crippen LogP contribution is -1.89. The molecule has 0 bridgehead atoms. The topological polar surface area (TPSA) is 26.0 Å². The first-order chi connectivity index (χ1) is 7.34. The molecule has 1 heterocycles. The van der Waals surface area contributed by atoms with Crippen molar-refractivity contribution >= 4 is 26.8 Å². The van der Waals surface area contributed by atoms with Gasteiger partial charge in [-0.25, -0.2) is 0 Å². The van der Waals surface area contributed by atoms with E-state index in [2.05, 4.69) is 27.2 Å². The van der Waals surface area contributed by atoms with Crippen molar-refractivity contribution in [3.05, 3.63) is 28.4 Å². The van der Waals surface area contributed by atoms with Gasteiger partial charge in [-0.05, 0) is 31.0 Å². The van der Waals surface area contributed by atoms with Gasteiger partial charge in [0.15, 0.2) is 0 Å². The Kier molecular flexibility index (Phi) is 2.28. The Bertz CT molecular complexity index is 485. The molecule has 1 fully saturated rings. The molecule has 0 radical (unpaired) electrons. The molecule has 1 aliphatic rings. The molecule has 1 saturated carbocycles. The maximum absolute atomic E-state index is 5.48. The third-order valence-corrected chi connectivity index (χ3v) is 3.69. The molecule has 0 N–H and O–H groups in total. The first-order valence-electron chi connectivity index (χ1n) is 5.39. The van der Waals surface area contributed by atoms with Gasteiger partial charge in [0.1, 0.15) is 11.3 Å². The minimum Gasteiger partial charge on any atom is -0.360 e. The summed E-state index contributed by atoms with van der Waals surface area (Å²) in [6, 6.07) is 6.12. The highest BCUT2D eigenvalue weighted by Crippen LogP contribution is 2.38. The van der Waals surface area contributed by atoms with Crippen LogP contribution >= 0.6 is 15.9 Å². The van der Waals surface area contributed by atoms with E-state index in [4.69, 9.17) is 4.52 Å². The molecule has 0 aliphatic heterocycles. The zero-order chi connectivity index (χ0) is 10.3. The molecule has 3 rings (SSSR count). The highest BCUT2D eigenvalue weighted by Gasteiger charge is 2.23. The van der Waals surface area contributed by atoms with Crippen molar-refractivity contribution in [2.24, 2.45) is 0 Å². The van der Waals surface area contributed by atoms with Gasteiger partial charge in [-0.2, -0.15) is 0 Å². The van der Waals surface area contributed by atoms with Gasteiger partial charge < -0.3 is 4.52 Å². The molecule has 3 heteroatoms. The molecule has 2 nitrogen and oxygen atoms in total. The number of hydrogen-bond donors (Lipinski definition) is 0. The van der Waals surface area contributed by atoms with Crippen LogP contribution in [0.5, 0.6) is 0 Å². The van der Waals surface area contributed by atoms with Gasteiger partial charge in [0.25, 0.3) is 0 Å². The van der Waals surface area contributed by atoms with Crippen LogP contribution in [-0.2, 0) is 0 Å². The van der Waals surface area contributed by atoms with Gasteiger partial charge in [0.05, 0.1) is 0 Å². The molecule has 0 amide bonds. The largest absolute Gasteiger partial charge is 0.360 e. The zero-order valence-corrected chi connectivity index (χ0v) is 9.96. The monoisotopic (exact) mass is 265 g/mol. The van der Waals surface area contributed by atoms with Crippen molar-refractivity contribution in [1.82, 2.24) is 5.16 Å². The Labute approximate surface area is 96.8 Å². The van der Waals surface area contributed by atoms with Crippen LogP contribution in [0.1, 0.15) is 37.4 Å². The minimum absolute atomic E-state index is 0.587. The fourth-order valence-electron chi connectivity index (χ4n) is 2.42. The predicted molar refractivity (Wildman–Crippen MR) is 62.9 cm³/mol. The predicted octanol–water partition coefficient (Wildman–Crippen LogP) is 4.25. The van der Waals surface area contributed by atoms with Gasteiger partial charge in [0.2, 0.25) is 0 Å². The van der Waals surface area contributed by atoms with Crippen molar-refractivity contribution in [3.63, 3.8) is 0 Å². The number of aromatic nitrogens is 1. The summed E-state index contributed by atoms with van der Waals surface area (Å²) >= 11 is 3.49. The van der Waals surface area contributed by atoms with Crippen LogP contribution in [-0.4, -0.2) is 5.16 Å². The molecule has 0 atom stereocenters. The van der Waals surface area contributed by atoms with Crippen LogP contribution in [0.4, 0.5) is 0 Å². The van der Waals surface area contributed by atoms with E-state index in [9.17, 15) is 0 Å². The van der Waals surface area contributed by atoms with Crippen molar-refractivity contribution < 1.29 is 4.52 Å². The number of rotatable bonds is 1. The van der Waals surface area contributed by atoms with Crippen LogP contribution in [0, 0.1) is 0 Å². The maximum Gasteiger partial charge on any atom is 0.147 e. The summed E-state index contributed by atoms with van der Waals surface area (Å²) in [7, 11) is 0. The summed E-state index contributed by atoms with van der Waals surface area (Å²) in [6.07, 6.45) is 5.13. The van der Waals surface area contributed by atoms with E-state index in [1.165, 1.54) is 31.1 Å². The normalized spacial score (nSPS) is 17.7. The van der Waals surface area contributed by atoms with E-state index < -0.39 is 0 Å². The van der Waals surface area contributed by atoms with Crippen LogP contribution in [0.15, 0.2) is 27.2 Å². The summed E-state index contributed by atoms with van der Waals surface area (Å²) in [6.45, 7) is 0. The Morgan fingerprint density at radius 3 is 2.87 bits per heavy atom. The van der Waals surface area contributed by atoms with E-state index in [1.54, 1.807) is 0 Å². The molecule has 0 spiro atoms. The van der Waals surface area contributed by atoms with E-state index in [0.29, 0.717) is 5.92 Å². The molecular weight excluding hydrogens is 254 g/mol. The minimum atomic E-state index is 0.587. The summed E-state index contributed by atoms with van der Waals surface area (Å²) in [5.41, 5.74) is 0.972. The Morgan fingerprint density at radius 2 is 2.07 bits per heavy atom. The van der Waals surface area contributed by atoms with Crippen molar-refractivity contribution in [1.29, 1.82) is 0 Å². The van der Waals surface area contributed by atoms with Gasteiger partial charge in [-0.3, -0.25) is 0 Å². The lowest BCUT2D eigenvalue weighted by molar-refractivity contribution is 0.368. The summed E-state index contributed by atoms with van der Waals surface area (Å²) in [4.78, 5) is 0. The van der Waals surface area contributed by atoms with Crippen molar-refractivity contribution in [2.75, 3.05) is 0 Å². The van der Waals surface area contributed by atoms with E-state index >= 15 is 0 Å². The van der Waals surface area contributed by atoms with E-state index in [0.717, 1.165) is 15.7 Å². The summed E-state index contributed by atoms with van der Waals surface area (Å²) in [5.74, 6) is 1.67. The second kappa shape index (κ2) is 3.63. The Balaban J connectivity index is 2.13. The van der Waals surface area contributed by atoms with Crippen molar-refractivity contribution in [2.45, 2.75) is 31.6 Å². The first kappa shape index (κ1) is 9.40. The average molecular weight is 266 g/mol. The molecule has 1 aromatic carbocycles. The third-order valence-electron chi connectivity index (χ3n) is 3.19. The lowest BCUT2D eigenvalue weighted by Gasteiger charge is -2.03. The highest BCUT2D eigenvalue weighted by atomic mass is 79.9. The van der Waals surface area contributed by atoms with Gasteiger partial charge in [0, 0.05) is 15.8 Å². The molecule has 2 aromatic rings. The van der Waals surface area contributed by atoms with Crippen molar-refractivity contribution in [3.8, 4) is 0 Å². The quantitative estimate of drug-likeness (QED) is 0.771. The highest BCUT2D eigenvalue weighted by molar-refractivity contribution is 9.10. The maximum atomic E-state index is 5.48. The summed E-state index contributed by atoms with van der Waals surface area (Å²) in [5, 5.41) is 5.29. The number of halogens is 1. The molecule has 15 heavy (non-hydrogen) atoms. The number of fused-ring (bicyclic) bond motifs is 1. The fourth-order valence-corrected chi connectivity index (χ4v) is 2.78. The Hall–Kier alpha value is -0.830. The molecular formula is C12H12BrNO. The van der Waals surface area contributed by atoms with Crippen LogP contribution in [0.25, 0.3) is 10.9 Å². The van der Waals surface area contributed by atoms with Gasteiger partial charge in [-0.15, -0.1) is 0 Å². The lowest BCUT2D eigenvalue weighted by atomic mass is 10.0. The third kappa shape index (κ3) is 1.59. The molecule has 1 aromatic heterocycles. The standard InChI is InChI=1S/C12H12BrNO/c13-9-5-6-11-10(7-9)12(15-14-11)8-3-1-2-4-8/h5-8H,1-4H2. The number of nitrogens with zero attached hydrogens (tertiary/aromatic N) is 1. The second-order valence-electron chi connectivity index (χ2n) is 4.19. The molecule has 78 valence electrons. The molecule has 0 unspecified atom stereocenters. The van der Waals surface area contributed by atoms with Crippen LogP contribution < -0.4 is 0 Å². The first-order valence-corrected chi connectivity index (χ1v) is 6.19. The fraction of sp³-hybridized carbons (Fsp3) is 0.417. The second-order valence-corrected chi connectivity index (χ2v) is 5.11. The molecule has 0 saturated heterocycles. The molecule has 1 aliphatic carbocycles. The smallest absolute Gasteiger partial charge is 0.147 e.